The van der Waals surface area contributed by atoms with Gasteiger partial charge in [0.05, 0.1) is 18.5 Å². The van der Waals surface area contributed by atoms with Crippen molar-refractivity contribution in [3.63, 3.8) is 0 Å². The molecule has 7 nitrogen and oxygen atoms in total. The molecule has 0 N–H and O–H groups in total. The zero-order valence-corrected chi connectivity index (χ0v) is 14.6. The number of rotatable bonds is 3. The molecule has 2 atom stereocenters. The average molecular weight is 352 g/mol. The van der Waals surface area contributed by atoms with Crippen molar-refractivity contribution >= 4 is 11.3 Å². The molecule has 1 saturated carbocycles. The minimum absolute atomic E-state index is 0.0226. The molecule has 0 spiro atoms. The number of hydrogen-bond donors (Lipinski definition) is 0. The van der Waals surface area contributed by atoms with Crippen LogP contribution in [0.5, 0.6) is 5.75 Å². The van der Waals surface area contributed by atoms with Crippen LogP contribution in [0.3, 0.4) is 0 Å². The fraction of sp³-hybridized carbons (Fsp3) is 0.333. The van der Waals surface area contributed by atoms with E-state index in [0.717, 1.165) is 29.3 Å². The molecule has 0 radical (unpaired) electrons. The van der Waals surface area contributed by atoms with Crippen LogP contribution >= 0.6 is 0 Å². The molecule has 26 heavy (non-hydrogen) atoms. The lowest BCUT2D eigenvalue weighted by Crippen LogP contribution is -1.97. The van der Waals surface area contributed by atoms with E-state index in [1.54, 1.807) is 36.2 Å². The Labute approximate surface area is 148 Å². The highest BCUT2D eigenvalue weighted by molar-refractivity contribution is 5.55. The van der Waals surface area contributed by atoms with Gasteiger partial charge in [-0.05, 0) is 32.4 Å². The molecular formula is C18H17FN6O. The minimum Gasteiger partial charge on any atom is -0.493 e. The van der Waals surface area contributed by atoms with E-state index in [9.17, 15) is 4.39 Å². The van der Waals surface area contributed by atoms with E-state index in [4.69, 9.17) is 4.74 Å². The van der Waals surface area contributed by atoms with Crippen LogP contribution in [0.2, 0.25) is 0 Å². The highest BCUT2D eigenvalue weighted by Crippen LogP contribution is 2.54. The molecule has 0 amide bonds. The third kappa shape index (κ3) is 2.04. The number of nitrogens with zero attached hydrogens (tertiary/aromatic N) is 6. The molecule has 5 rings (SSSR count). The average Bonchev–Trinajstić information content (AvgIpc) is 3.17. The van der Waals surface area contributed by atoms with Crippen LogP contribution in [0.4, 0.5) is 4.39 Å². The second-order valence-corrected chi connectivity index (χ2v) is 6.70. The summed E-state index contributed by atoms with van der Waals surface area (Å²) in [6.07, 6.45) is 4.22. The quantitative estimate of drug-likeness (QED) is 0.567. The Morgan fingerprint density at radius 3 is 2.81 bits per heavy atom. The standard InChI is InChI=1S/C18H17FN6O/c1-9-8-20-10(2)17-22-16(23-25(9)17)12-7-11(12)14-15(19)24-6-4-5-13(26-3)18(24)21-14/h4-6,8,11-12H,7H2,1-3H3/t11-,12-/m1/s1. The first-order valence-corrected chi connectivity index (χ1v) is 8.48. The van der Waals surface area contributed by atoms with Gasteiger partial charge in [0.15, 0.2) is 22.9 Å². The van der Waals surface area contributed by atoms with Crippen LogP contribution in [0.15, 0.2) is 24.5 Å². The van der Waals surface area contributed by atoms with Gasteiger partial charge >= 0.3 is 0 Å². The van der Waals surface area contributed by atoms with E-state index in [0.29, 0.717) is 17.1 Å². The SMILES string of the molecule is COc1cccn2c(F)c([C@@H]3C[C@H]3c3nc4c(C)ncc(C)n4n3)nc12. The maximum absolute atomic E-state index is 14.8. The van der Waals surface area contributed by atoms with Crippen molar-refractivity contribution in [2.24, 2.45) is 0 Å². The summed E-state index contributed by atoms with van der Waals surface area (Å²) >= 11 is 0. The van der Waals surface area contributed by atoms with Gasteiger partial charge in [0.2, 0.25) is 5.95 Å². The largest absolute Gasteiger partial charge is 0.493 e. The summed E-state index contributed by atoms with van der Waals surface area (Å²) in [7, 11) is 1.56. The van der Waals surface area contributed by atoms with Gasteiger partial charge in [0, 0.05) is 24.2 Å². The summed E-state index contributed by atoms with van der Waals surface area (Å²) in [6.45, 7) is 3.85. The maximum atomic E-state index is 14.8. The number of fused-ring (bicyclic) bond motifs is 2. The summed E-state index contributed by atoms with van der Waals surface area (Å²) in [5.74, 6) is 0.976. The van der Waals surface area contributed by atoms with Gasteiger partial charge in [0.25, 0.3) is 0 Å². The molecule has 0 aromatic carbocycles. The molecule has 1 aliphatic rings. The monoisotopic (exact) mass is 352 g/mol. The van der Waals surface area contributed by atoms with Crippen molar-refractivity contribution in [1.29, 1.82) is 0 Å². The summed E-state index contributed by atoms with van der Waals surface area (Å²) in [4.78, 5) is 13.5. The molecule has 4 aromatic heterocycles. The Morgan fingerprint density at radius 1 is 1.19 bits per heavy atom. The number of methoxy groups -OCH3 is 1. The summed E-state index contributed by atoms with van der Waals surface area (Å²) < 4.78 is 23.4. The topological polar surface area (TPSA) is 69.6 Å². The van der Waals surface area contributed by atoms with Crippen LogP contribution < -0.4 is 4.74 Å². The van der Waals surface area contributed by atoms with Crippen LogP contribution in [0.25, 0.3) is 11.3 Å². The van der Waals surface area contributed by atoms with Crippen molar-refractivity contribution in [2.45, 2.75) is 32.1 Å². The Bertz CT molecular complexity index is 1120. The zero-order chi connectivity index (χ0) is 18.0. The second-order valence-electron chi connectivity index (χ2n) is 6.70. The molecule has 1 fully saturated rings. The van der Waals surface area contributed by atoms with Gasteiger partial charge in [-0.25, -0.2) is 14.5 Å². The van der Waals surface area contributed by atoms with Crippen LogP contribution in [0.1, 0.15) is 41.2 Å². The number of pyridine rings is 1. The van der Waals surface area contributed by atoms with Gasteiger partial charge < -0.3 is 4.74 Å². The van der Waals surface area contributed by atoms with E-state index < -0.39 is 0 Å². The van der Waals surface area contributed by atoms with E-state index in [-0.39, 0.29) is 17.8 Å². The molecule has 4 aromatic rings. The summed E-state index contributed by atoms with van der Waals surface area (Å²) in [6, 6.07) is 3.52. The van der Waals surface area contributed by atoms with Crippen molar-refractivity contribution in [3.05, 3.63) is 53.4 Å². The van der Waals surface area contributed by atoms with E-state index in [1.165, 1.54) is 4.40 Å². The molecule has 0 unspecified atom stereocenters. The van der Waals surface area contributed by atoms with Gasteiger partial charge in [-0.3, -0.25) is 9.38 Å². The fourth-order valence-electron chi connectivity index (χ4n) is 3.48. The van der Waals surface area contributed by atoms with E-state index in [2.05, 4.69) is 20.1 Å². The Kier molecular flexibility index (Phi) is 3.07. The summed E-state index contributed by atoms with van der Waals surface area (Å²) in [5, 5.41) is 4.61. The van der Waals surface area contributed by atoms with E-state index >= 15 is 0 Å². The lowest BCUT2D eigenvalue weighted by molar-refractivity contribution is 0.416. The number of imidazole rings is 1. The van der Waals surface area contributed by atoms with E-state index in [1.807, 2.05) is 13.8 Å². The molecular weight excluding hydrogens is 335 g/mol. The highest BCUT2D eigenvalue weighted by atomic mass is 19.1. The first-order chi connectivity index (χ1) is 12.6. The highest BCUT2D eigenvalue weighted by Gasteiger charge is 2.46. The molecule has 0 saturated heterocycles. The molecule has 8 heteroatoms. The van der Waals surface area contributed by atoms with Crippen molar-refractivity contribution in [1.82, 2.24) is 29.0 Å². The third-order valence-electron chi connectivity index (χ3n) is 5.00. The molecule has 132 valence electrons. The number of halogens is 1. The molecule has 4 heterocycles. The Morgan fingerprint density at radius 2 is 2.04 bits per heavy atom. The number of hydrogen-bond acceptors (Lipinski definition) is 5. The lowest BCUT2D eigenvalue weighted by Gasteiger charge is -2.00. The number of aryl methyl sites for hydroxylation is 2. The fourth-order valence-corrected chi connectivity index (χ4v) is 3.48. The first kappa shape index (κ1) is 15.2. The summed E-state index contributed by atoms with van der Waals surface area (Å²) in [5.41, 5.74) is 3.44. The zero-order valence-electron chi connectivity index (χ0n) is 14.6. The van der Waals surface area contributed by atoms with Gasteiger partial charge in [-0.1, -0.05) is 0 Å². The number of aromatic nitrogens is 6. The van der Waals surface area contributed by atoms with Gasteiger partial charge in [0.1, 0.15) is 5.69 Å². The predicted molar refractivity (Wildman–Crippen MR) is 92.1 cm³/mol. The van der Waals surface area contributed by atoms with Crippen LogP contribution in [-0.4, -0.2) is 36.1 Å². The molecule has 0 aliphatic heterocycles. The first-order valence-electron chi connectivity index (χ1n) is 8.48. The minimum atomic E-state index is -0.343. The van der Waals surface area contributed by atoms with Crippen LogP contribution in [0, 0.1) is 19.8 Å². The van der Waals surface area contributed by atoms with Crippen molar-refractivity contribution in [2.75, 3.05) is 7.11 Å². The third-order valence-corrected chi connectivity index (χ3v) is 5.00. The van der Waals surface area contributed by atoms with Gasteiger partial charge in [-0.2, -0.15) is 9.49 Å². The van der Waals surface area contributed by atoms with Crippen LogP contribution in [-0.2, 0) is 0 Å². The smallest absolute Gasteiger partial charge is 0.221 e. The second kappa shape index (κ2) is 5.23. The lowest BCUT2D eigenvalue weighted by atomic mass is 10.2. The normalized spacial score (nSPS) is 19.4. The van der Waals surface area contributed by atoms with Gasteiger partial charge in [-0.15, -0.1) is 0 Å². The predicted octanol–water partition coefficient (Wildman–Crippen LogP) is 2.81. The Hall–Kier alpha value is -3.03. The molecule has 0 bridgehead atoms. The van der Waals surface area contributed by atoms with Crippen molar-refractivity contribution in [3.8, 4) is 5.75 Å². The molecule has 1 aliphatic carbocycles. The van der Waals surface area contributed by atoms with Crippen molar-refractivity contribution < 1.29 is 9.13 Å². The number of ether oxygens (including phenoxy) is 1. The Balaban J connectivity index is 1.55. The maximum Gasteiger partial charge on any atom is 0.221 e.